The molecule has 0 aromatic carbocycles. The Kier molecular flexibility index (Phi) is 5.57. The van der Waals surface area contributed by atoms with Crippen LogP contribution in [0.1, 0.15) is 47.0 Å². The molecular formula is C10H22O. The molecule has 0 fully saturated rings. The zero-order valence-corrected chi connectivity index (χ0v) is 8.30. The molecule has 0 rings (SSSR count). The van der Waals surface area contributed by atoms with Gasteiger partial charge in [-0.1, -0.05) is 33.6 Å². The molecule has 2 atom stereocenters. The van der Waals surface area contributed by atoms with E-state index >= 15 is 0 Å². The smallest absolute Gasteiger partial charge is 0.0542 e. The highest BCUT2D eigenvalue weighted by Crippen LogP contribution is 2.21. The standard InChI is InChI=1S/C10H22O/c1-5-6-7-10(8(2)3)9(4)11/h8-11H,5-7H2,1-4H3/t9-,10+/m1/s1. The largest absolute Gasteiger partial charge is 0.393 e. The summed E-state index contributed by atoms with van der Waals surface area (Å²) in [5.74, 6) is 1.11. The number of unbranched alkanes of at least 4 members (excludes halogenated alkanes) is 1. The van der Waals surface area contributed by atoms with Gasteiger partial charge in [-0.05, 0) is 25.2 Å². The van der Waals surface area contributed by atoms with Crippen molar-refractivity contribution >= 4 is 0 Å². The van der Waals surface area contributed by atoms with Gasteiger partial charge in [0.25, 0.3) is 0 Å². The van der Waals surface area contributed by atoms with Gasteiger partial charge in [-0.15, -0.1) is 0 Å². The molecular weight excluding hydrogens is 136 g/mol. The summed E-state index contributed by atoms with van der Waals surface area (Å²) in [4.78, 5) is 0. The van der Waals surface area contributed by atoms with Gasteiger partial charge in [0.2, 0.25) is 0 Å². The first kappa shape index (κ1) is 11.0. The normalized spacial score (nSPS) is 16.9. The SMILES string of the molecule is CCCC[C@@H](C(C)C)[C@@H](C)O. The summed E-state index contributed by atoms with van der Waals surface area (Å²) in [5, 5.41) is 9.41. The van der Waals surface area contributed by atoms with Crippen LogP contribution in [-0.2, 0) is 0 Å². The van der Waals surface area contributed by atoms with E-state index in [0.717, 1.165) is 0 Å². The predicted molar refractivity (Wildman–Crippen MR) is 49.5 cm³/mol. The average Bonchev–Trinajstić information content (AvgIpc) is 1.87. The van der Waals surface area contributed by atoms with Crippen LogP contribution in [0.25, 0.3) is 0 Å². The molecule has 0 aliphatic heterocycles. The lowest BCUT2D eigenvalue weighted by Crippen LogP contribution is -2.22. The Hall–Kier alpha value is -0.0400. The molecule has 0 heterocycles. The minimum atomic E-state index is -0.137. The molecule has 0 saturated carbocycles. The maximum Gasteiger partial charge on any atom is 0.0542 e. The molecule has 0 aromatic rings. The summed E-state index contributed by atoms with van der Waals surface area (Å²) in [6.45, 7) is 8.47. The molecule has 0 bridgehead atoms. The number of hydrogen-bond donors (Lipinski definition) is 1. The summed E-state index contributed by atoms with van der Waals surface area (Å²) in [6, 6.07) is 0. The van der Waals surface area contributed by atoms with Gasteiger partial charge in [-0.2, -0.15) is 0 Å². The first-order chi connectivity index (χ1) is 5.09. The van der Waals surface area contributed by atoms with E-state index in [-0.39, 0.29) is 6.10 Å². The third-order valence-corrected chi connectivity index (χ3v) is 2.37. The van der Waals surface area contributed by atoms with Crippen molar-refractivity contribution in [1.82, 2.24) is 0 Å². The van der Waals surface area contributed by atoms with E-state index in [1.54, 1.807) is 0 Å². The fourth-order valence-corrected chi connectivity index (χ4v) is 1.57. The van der Waals surface area contributed by atoms with Gasteiger partial charge < -0.3 is 5.11 Å². The zero-order chi connectivity index (χ0) is 8.85. The molecule has 0 radical (unpaired) electrons. The van der Waals surface area contributed by atoms with Crippen molar-refractivity contribution in [3.05, 3.63) is 0 Å². The van der Waals surface area contributed by atoms with Crippen LogP contribution in [0.3, 0.4) is 0 Å². The van der Waals surface area contributed by atoms with Gasteiger partial charge in [0, 0.05) is 0 Å². The minimum Gasteiger partial charge on any atom is -0.393 e. The third kappa shape index (κ3) is 4.41. The summed E-state index contributed by atoms with van der Waals surface area (Å²) >= 11 is 0. The monoisotopic (exact) mass is 158 g/mol. The van der Waals surface area contributed by atoms with Crippen molar-refractivity contribution in [1.29, 1.82) is 0 Å². The Bertz CT molecular complexity index is 78.9. The van der Waals surface area contributed by atoms with Gasteiger partial charge >= 0.3 is 0 Å². The summed E-state index contributed by atoms with van der Waals surface area (Å²) in [7, 11) is 0. The Morgan fingerprint density at radius 3 is 2.00 bits per heavy atom. The van der Waals surface area contributed by atoms with Crippen molar-refractivity contribution in [3.63, 3.8) is 0 Å². The Morgan fingerprint density at radius 2 is 1.73 bits per heavy atom. The second-order valence-corrected chi connectivity index (χ2v) is 3.79. The fraction of sp³-hybridized carbons (Fsp3) is 1.00. The summed E-state index contributed by atoms with van der Waals surface area (Å²) in [6.07, 6.45) is 3.51. The third-order valence-electron chi connectivity index (χ3n) is 2.37. The van der Waals surface area contributed by atoms with Crippen molar-refractivity contribution in [2.45, 2.75) is 53.1 Å². The van der Waals surface area contributed by atoms with Gasteiger partial charge in [0.15, 0.2) is 0 Å². The highest BCUT2D eigenvalue weighted by atomic mass is 16.3. The van der Waals surface area contributed by atoms with Crippen molar-refractivity contribution in [2.75, 3.05) is 0 Å². The topological polar surface area (TPSA) is 20.2 Å². The van der Waals surface area contributed by atoms with Crippen LogP contribution in [-0.4, -0.2) is 11.2 Å². The fourth-order valence-electron chi connectivity index (χ4n) is 1.57. The van der Waals surface area contributed by atoms with Crippen molar-refractivity contribution in [2.24, 2.45) is 11.8 Å². The molecule has 11 heavy (non-hydrogen) atoms. The molecule has 1 heteroatoms. The van der Waals surface area contributed by atoms with E-state index in [4.69, 9.17) is 0 Å². The maximum absolute atomic E-state index is 9.41. The van der Waals surface area contributed by atoms with Gasteiger partial charge in [0.1, 0.15) is 0 Å². The van der Waals surface area contributed by atoms with E-state index in [2.05, 4.69) is 20.8 Å². The van der Waals surface area contributed by atoms with Crippen molar-refractivity contribution in [3.8, 4) is 0 Å². The van der Waals surface area contributed by atoms with Crippen LogP contribution in [0.15, 0.2) is 0 Å². The van der Waals surface area contributed by atoms with E-state index in [1.807, 2.05) is 6.92 Å². The molecule has 68 valence electrons. The lowest BCUT2D eigenvalue weighted by atomic mass is 9.87. The van der Waals surface area contributed by atoms with E-state index in [9.17, 15) is 5.11 Å². The Morgan fingerprint density at radius 1 is 1.18 bits per heavy atom. The first-order valence-corrected chi connectivity index (χ1v) is 4.77. The molecule has 1 nitrogen and oxygen atoms in total. The van der Waals surface area contributed by atoms with Crippen LogP contribution in [0, 0.1) is 11.8 Å². The van der Waals surface area contributed by atoms with Crippen LogP contribution >= 0.6 is 0 Å². The quantitative estimate of drug-likeness (QED) is 0.652. The Balaban J connectivity index is 3.70. The van der Waals surface area contributed by atoms with E-state index in [0.29, 0.717) is 11.8 Å². The molecule has 0 saturated heterocycles. The number of aliphatic hydroxyl groups is 1. The first-order valence-electron chi connectivity index (χ1n) is 4.77. The lowest BCUT2D eigenvalue weighted by molar-refractivity contribution is 0.0904. The van der Waals surface area contributed by atoms with Gasteiger partial charge in [-0.25, -0.2) is 0 Å². The highest BCUT2D eigenvalue weighted by molar-refractivity contribution is 4.67. The van der Waals surface area contributed by atoms with Gasteiger partial charge in [-0.3, -0.25) is 0 Å². The molecule has 0 amide bonds. The molecule has 0 unspecified atom stereocenters. The number of aliphatic hydroxyl groups excluding tert-OH is 1. The van der Waals surface area contributed by atoms with Crippen LogP contribution < -0.4 is 0 Å². The van der Waals surface area contributed by atoms with E-state index < -0.39 is 0 Å². The van der Waals surface area contributed by atoms with Crippen LogP contribution in [0.2, 0.25) is 0 Å². The predicted octanol–water partition coefficient (Wildman–Crippen LogP) is 2.83. The summed E-state index contributed by atoms with van der Waals surface area (Å²) in [5.41, 5.74) is 0. The second-order valence-electron chi connectivity index (χ2n) is 3.79. The van der Waals surface area contributed by atoms with Crippen molar-refractivity contribution < 1.29 is 5.11 Å². The second kappa shape index (κ2) is 5.59. The van der Waals surface area contributed by atoms with Crippen LogP contribution in [0.5, 0.6) is 0 Å². The Labute approximate surface area is 70.8 Å². The van der Waals surface area contributed by atoms with Crippen LogP contribution in [0.4, 0.5) is 0 Å². The average molecular weight is 158 g/mol. The summed E-state index contributed by atoms with van der Waals surface area (Å²) < 4.78 is 0. The molecule has 0 aliphatic carbocycles. The number of rotatable bonds is 5. The molecule has 1 N–H and O–H groups in total. The minimum absolute atomic E-state index is 0.137. The van der Waals surface area contributed by atoms with Gasteiger partial charge in [0.05, 0.1) is 6.10 Å². The van der Waals surface area contributed by atoms with E-state index in [1.165, 1.54) is 19.3 Å². The highest BCUT2D eigenvalue weighted by Gasteiger charge is 2.17. The lowest BCUT2D eigenvalue weighted by Gasteiger charge is -2.23. The zero-order valence-electron chi connectivity index (χ0n) is 8.30. The molecule has 0 aromatic heterocycles. The molecule has 0 spiro atoms. The number of hydrogen-bond acceptors (Lipinski definition) is 1. The maximum atomic E-state index is 9.41. The molecule has 0 aliphatic rings.